The van der Waals surface area contributed by atoms with E-state index in [0.717, 1.165) is 25.9 Å². The van der Waals surface area contributed by atoms with Gasteiger partial charge in [0.2, 0.25) is 5.91 Å². The number of aromatic hydroxyl groups is 1. The Morgan fingerprint density at radius 2 is 1.54 bits per heavy atom. The Bertz CT molecular complexity index is 942. The predicted octanol–water partition coefficient (Wildman–Crippen LogP) is 4.37. The minimum atomic E-state index is -0.472. The summed E-state index contributed by atoms with van der Waals surface area (Å²) in [5.41, 5.74) is 3.72. The number of carbonyl (C=O) groups is 1. The summed E-state index contributed by atoms with van der Waals surface area (Å²) >= 11 is 2.27. The maximum absolute atomic E-state index is 12.9. The highest BCUT2D eigenvalue weighted by molar-refractivity contribution is 14.1. The summed E-state index contributed by atoms with van der Waals surface area (Å²) in [6.45, 7) is 0. The number of benzene rings is 3. The van der Waals surface area contributed by atoms with E-state index in [2.05, 4.69) is 39.3 Å². The molecule has 26 heavy (non-hydrogen) atoms. The van der Waals surface area contributed by atoms with Crippen LogP contribution < -0.4 is 10.6 Å². The van der Waals surface area contributed by atoms with Crippen LogP contribution in [0.3, 0.4) is 0 Å². The van der Waals surface area contributed by atoms with Crippen molar-refractivity contribution >= 4 is 34.2 Å². The average Bonchev–Trinajstić information content (AvgIpc) is 2.79. The molecule has 2 unspecified atom stereocenters. The molecule has 4 rings (SSSR count). The summed E-state index contributed by atoms with van der Waals surface area (Å²) in [6, 6.07) is 22.2. The van der Waals surface area contributed by atoms with Crippen molar-refractivity contribution < 1.29 is 9.90 Å². The van der Waals surface area contributed by atoms with Crippen LogP contribution in [0.2, 0.25) is 0 Å². The molecular weight excluding hydrogens is 439 g/mol. The Morgan fingerprint density at radius 1 is 0.846 bits per heavy atom. The Labute approximate surface area is 165 Å². The number of rotatable bonds is 2. The first-order valence-electron chi connectivity index (χ1n) is 8.32. The maximum Gasteiger partial charge on any atom is 0.246 e. The maximum atomic E-state index is 12.9. The van der Waals surface area contributed by atoms with Gasteiger partial charge in [0.25, 0.3) is 0 Å². The van der Waals surface area contributed by atoms with Gasteiger partial charge in [-0.2, -0.15) is 0 Å². The number of anilines is 1. The van der Waals surface area contributed by atoms with Crippen LogP contribution in [0.5, 0.6) is 5.75 Å². The van der Waals surface area contributed by atoms with Gasteiger partial charge in [0, 0.05) is 9.26 Å². The van der Waals surface area contributed by atoms with Crippen molar-refractivity contribution in [2.75, 3.05) is 5.32 Å². The quantitative estimate of drug-likeness (QED) is 0.502. The van der Waals surface area contributed by atoms with Crippen LogP contribution in [-0.2, 0) is 4.79 Å². The fourth-order valence-electron chi connectivity index (χ4n) is 3.26. The number of carbonyl (C=O) groups excluding carboxylic acids is 1. The minimum Gasteiger partial charge on any atom is -0.508 e. The third-order valence-corrected chi connectivity index (χ3v) is 5.21. The van der Waals surface area contributed by atoms with Gasteiger partial charge in [-0.1, -0.05) is 42.5 Å². The zero-order valence-corrected chi connectivity index (χ0v) is 16.0. The molecule has 5 heteroatoms. The van der Waals surface area contributed by atoms with Crippen LogP contribution in [0.15, 0.2) is 72.8 Å². The monoisotopic (exact) mass is 456 g/mol. The molecule has 0 bridgehead atoms. The summed E-state index contributed by atoms with van der Waals surface area (Å²) in [5.74, 6) is 0.138. The lowest BCUT2D eigenvalue weighted by Crippen LogP contribution is -2.32. The van der Waals surface area contributed by atoms with Gasteiger partial charge in [-0.25, -0.2) is 0 Å². The van der Waals surface area contributed by atoms with E-state index in [0.29, 0.717) is 0 Å². The molecule has 0 spiro atoms. The Hall–Kier alpha value is -2.38. The smallest absolute Gasteiger partial charge is 0.246 e. The molecule has 1 aliphatic rings. The molecule has 0 aliphatic carbocycles. The van der Waals surface area contributed by atoms with Crippen molar-refractivity contribution in [3.63, 3.8) is 0 Å². The Balaban J connectivity index is 1.84. The molecule has 1 aliphatic heterocycles. The van der Waals surface area contributed by atoms with E-state index >= 15 is 0 Å². The minimum absolute atomic E-state index is 0.0834. The molecule has 2 atom stereocenters. The molecule has 0 aromatic heterocycles. The third-order valence-electron chi connectivity index (χ3n) is 4.54. The van der Waals surface area contributed by atoms with Gasteiger partial charge in [-0.15, -0.1) is 0 Å². The lowest BCUT2D eigenvalue weighted by atomic mass is 9.96. The summed E-state index contributed by atoms with van der Waals surface area (Å²) in [5, 5.41) is 16.2. The van der Waals surface area contributed by atoms with Crippen molar-refractivity contribution in [2.45, 2.75) is 12.1 Å². The van der Waals surface area contributed by atoms with Gasteiger partial charge in [-0.05, 0) is 69.6 Å². The fourth-order valence-corrected chi connectivity index (χ4v) is 3.77. The number of fused-ring (bicyclic) bond motifs is 1. The van der Waals surface area contributed by atoms with E-state index in [1.807, 2.05) is 54.6 Å². The van der Waals surface area contributed by atoms with E-state index < -0.39 is 6.04 Å². The molecule has 0 fully saturated rings. The number of amides is 1. The van der Waals surface area contributed by atoms with E-state index in [9.17, 15) is 9.90 Å². The Kier molecular flexibility index (Phi) is 4.65. The largest absolute Gasteiger partial charge is 0.508 e. The third kappa shape index (κ3) is 3.32. The van der Waals surface area contributed by atoms with Gasteiger partial charge in [0.05, 0.1) is 6.04 Å². The first kappa shape index (κ1) is 17.1. The van der Waals surface area contributed by atoms with Crippen LogP contribution in [0.25, 0.3) is 0 Å². The summed E-state index contributed by atoms with van der Waals surface area (Å²) in [4.78, 5) is 12.9. The zero-order valence-electron chi connectivity index (χ0n) is 13.8. The highest BCUT2D eigenvalue weighted by Gasteiger charge is 2.31. The molecule has 0 saturated carbocycles. The van der Waals surface area contributed by atoms with E-state index in [1.54, 1.807) is 12.1 Å². The van der Waals surface area contributed by atoms with Gasteiger partial charge >= 0.3 is 0 Å². The fraction of sp³-hybridized carbons (Fsp3) is 0.0952. The molecule has 3 aromatic rings. The molecule has 4 nitrogen and oxygen atoms in total. The second kappa shape index (κ2) is 7.09. The highest BCUT2D eigenvalue weighted by Crippen LogP contribution is 2.36. The van der Waals surface area contributed by atoms with E-state index in [4.69, 9.17) is 0 Å². The first-order valence-corrected chi connectivity index (χ1v) is 9.40. The molecular formula is C21H17IN2O2. The van der Waals surface area contributed by atoms with E-state index in [-0.39, 0.29) is 17.7 Å². The second-order valence-corrected chi connectivity index (χ2v) is 7.50. The number of phenols is 1. The number of phenolic OH excluding ortho intramolecular Hbond substituents is 1. The van der Waals surface area contributed by atoms with Crippen LogP contribution in [0, 0.1) is 3.57 Å². The van der Waals surface area contributed by atoms with Crippen LogP contribution in [-0.4, -0.2) is 11.0 Å². The summed E-state index contributed by atoms with van der Waals surface area (Å²) < 4.78 is 1.10. The standard InChI is InChI=1S/C21H17IN2O2/c22-15-8-11-18-17(12-15)19(14-6-9-16(25)10-7-14)24-20(21(26)23-18)13-4-2-1-3-5-13/h1-12,19-20,24-25H,(H,23,26). The molecule has 3 aromatic carbocycles. The molecule has 130 valence electrons. The zero-order chi connectivity index (χ0) is 18.1. The lowest BCUT2D eigenvalue weighted by Gasteiger charge is -2.23. The molecule has 0 saturated heterocycles. The van der Waals surface area contributed by atoms with Crippen molar-refractivity contribution in [1.82, 2.24) is 5.32 Å². The molecule has 1 heterocycles. The van der Waals surface area contributed by atoms with Crippen LogP contribution in [0.4, 0.5) is 5.69 Å². The molecule has 1 amide bonds. The summed E-state index contributed by atoms with van der Waals surface area (Å²) in [7, 11) is 0. The lowest BCUT2D eigenvalue weighted by molar-refractivity contribution is -0.118. The first-order chi connectivity index (χ1) is 12.6. The normalized spacial score (nSPS) is 19.3. The highest BCUT2D eigenvalue weighted by atomic mass is 127. The Morgan fingerprint density at radius 3 is 2.27 bits per heavy atom. The average molecular weight is 456 g/mol. The van der Waals surface area contributed by atoms with Crippen LogP contribution >= 0.6 is 22.6 Å². The molecule has 3 N–H and O–H groups in total. The van der Waals surface area contributed by atoms with Crippen molar-refractivity contribution in [2.24, 2.45) is 0 Å². The van der Waals surface area contributed by atoms with Gasteiger partial charge < -0.3 is 10.4 Å². The van der Waals surface area contributed by atoms with Gasteiger partial charge in [0.1, 0.15) is 11.8 Å². The van der Waals surface area contributed by atoms with Gasteiger partial charge in [-0.3, -0.25) is 10.1 Å². The van der Waals surface area contributed by atoms with Crippen molar-refractivity contribution in [3.05, 3.63) is 93.1 Å². The predicted molar refractivity (Wildman–Crippen MR) is 110 cm³/mol. The van der Waals surface area contributed by atoms with Crippen LogP contribution in [0.1, 0.15) is 28.8 Å². The topological polar surface area (TPSA) is 61.4 Å². The van der Waals surface area contributed by atoms with E-state index in [1.165, 1.54) is 0 Å². The van der Waals surface area contributed by atoms with Crippen molar-refractivity contribution in [1.29, 1.82) is 0 Å². The number of hydrogen-bond acceptors (Lipinski definition) is 3. The number of hydrogen-bond donors (Lipinski definition) is 3. The summed E-state index contributed by atoms with van der Waals surface area (Å²) in [6.07, 6.45) is 0. The number of nitrogens with one attached hydrogen (secondary N) is 2. The second-order valence-electron chi connectivity index (χ2n) is 6.26. The van der Waals surface area contributed by atoms with Crippen molar-refractivity contribution in [3.8, 4) is 5.75 Å². The van der Waals surface area contributed by atoms with Gasteiger partial charge in [0.15, 0.2) is 0 Å². The number of halogens is 1. The SMILES string of the molecule is O=C1Nc2ccc(I)cc2C(c2ccc(O)cc2)NC1c1ccccc1. The molecule has 0 radical (unpaired) electrons.